The first-order valence-corrected chi connectivity index (χ1v) is 5.27. The van der Waals surface area contributed by atoms with Gasteiger partial charge in [0, 0.05) is 15.5 Å². The monoisotopic (exact) mass is 291 g/mol. The molecule has 66 valence electrons. The molecule has 1 rings (SSSR count). The standard InChI is InChI=1S/C9H11Br2N/c1-12(2)6-7-3-4-8(10)9(11)5-7/h3-5H,6H2,1-2H3. The normalized spacial score (nSPS) is 10.8. The van der Waals surface area contributed by atoms with E-state index >= 15 is 0 Å². The molecular weight excluding hydrogens is 282 g/mol. The molecule has 0 unspecified atom stereocenters. The molecule has 0 aromatic heterocycles. The lowest BCUT2D eigenvalue weighted by molar-refractivity contribution is 0.402. The SMILES string of the molecule is CN(C)Cc1ccc(Br)c(Br)c1. The fourth-order valence-corrected chi connectivity index (χ4v) is 1.68. The lowest BCUT2D eigenvalue weighted by atomic mass is 10.2. The van der Waals surface area contributed by atoms with Gasteiger partial charge in [-0.2, -0.15) is 0 Å². The molecule has 1 aromatic rings. The number of benzene rings is 1. The molecule has 0 heterocycles. The summed E-state index contributed by atoms with van der Waals surface area (Å²) in [6.07, 6.45) is 0. The van der Waals surface area contributed by atoms with Crippen LogP contribution in [0, 0.1) is 0 Å². The number of hydrogen-bond acceptors (Lipinski definition) is 1. The average molecular weight is 293 g/mol. The lowest BCUT2D eigenvalue weighted by Gasteiger charge is -2.09. The summed E-state index contributed by atoms with van der Waals surface area (Å²) in [6.45, 7) is 0.978. The smallest absolute Gasteiger partial charge is 0.0320 e. The first kappa shape index (κ1) is 10.2. The van der Waals surface area contributed by atoms with Crippen molar-refractivity contribution >= 4 is 31.9 Å². The summed E-state index contributed by atoms with van der Waals surface area (Å²) in [5.74, 6) is 0. The van der Waals surface area contributed by atoms with Gasteiger partial charge in [0.05, 0.1) is 0 Å². The highest BCUT2D eigenvalue weighted by atomic mass is 79.9. The van der Waals surface area contributed by atoms with Gasteiger partial charge >= 0.3 is 0 Å². The van der Waals surface area contributed by atoms with Crippen LogP contribution >= 0.6 is 31.9 Å². The van der Waals surface area contributed by atoms with Crippen molar-refractivity contribution in [2.75, 3.05) is 14.1 Å². The molecule has 0 amide bonds. The topological polar surface area (TPSA) is 3.24 Å². The van der Waals surface area contributed by atoms with Crippen LogP contribution in [0.5, 0.6) is 0 Å². The van der Waals surface area contributed by atoms with E-state index in [1.165, 1.54) is 5.56 Å². The summed E-state index contributed by atoms with van der Waals surface area (Å²) >= 11 is 6.91. The summed E-state index contributed by atoms with van der Waals surface area (Å²) < 4.78 is 2.21. The Morgan fingerprint density at radius 2 is 1.83 bits per heavy atom. The quantitative estimate of drug-likeness (QED) is 0.809. The minimum absolute atomic E-state index is 0.978. The number of nitrogens with zero attached hydrogens (tertiary/aromatic N) is 1. The zero-order chi connectivity index (χ0) is 9.14. The van der Waals surface area contributed by atoms with Gasteiger partial charge in [0.15, 0.2) is 0 Å². The van der Waals surface area contributed by atoms with Crippen LogP contribution in [0.15, 0.2) is 27.1 Å². The Bertz CT molecular complexity index is 271. The molecule has 3 heteroatoms. The van der Waals surface area contributed by atoms with Gasteiger partial charge in [-0.1, -0.05) is 6.07 Å². The molecule has 12 heavy (non-hydrogen) atoms. The molecule has 0 atom stereocenters. The Kier molecular flexibility index (Phi) is 3.75. The van der Waals surface area contributed by atoms with Gasteiger partial charge in [-0.3, -0.25) is 0 Å². The Balaban J connectivity index is 2.82. The van der Waals surface area contributed by atoms with E-state index in [-0.39, 0.29) is 0 Å². The predicted octanol–water partition coefficient (Wildman–Crippen LogP) is 3.27. The second-order valence-corrected chi connectivity index (χ2v) is 4.69. The summed E-state index contributed by atoms with van der Waals surface area (Å²) in [6, 6.07) is 6.31. The predicted molar refractivity (Wildman–Crippen MR) is 59.2 cm³/mol. The van der Waals surface area contributed by atoms with Gasteiger partial charge in [-0.15, -0.1) is 0 Å². The second kappa shape index (κ2) is 4.40. The third kappa shape index (κ3) is 2.88. The maximum atomic E-state index is 3.47. The molecule has 0 aliphatic carbocycles. The molecular formula is C9H11Br2N. The van der Waals surface area contributed by atoms with Crippen LogP contribution in [-0.4, -0.2) is 19.0 Å². The van der Waals surface area contributed by atoms with Crippen LogP contribution in [0.25, 0.3) is 0 Å². The molecule has 0 aliphatic heterocycles. The molecule has 0 bridgehead atoms. The van der Waals surface area contributed by atoms with Gasteiger partial charge in [0.2, 0.25) is 0 Å². The van der Waals surface area contributed by atoms with Crippen molar-refractivity contribution in [3.63, 3.8) is 0 Å². The first-order chi connectivity index (χ1) is 5.59. The van der Waals surface area contributed by atoms with Crippen molar-refractivity contribution in [3.8, 4) is 0 Å². The minimum Gasteiger partial charge on any atom is -0.305 e. The summed E-state index contributed by atoms with van der Waals surface area (Å²) in [5, 5.41) is 0. The highest BCUT2D eigenvalue weighted by Gasteiger charge is 1.99. The third-order valence-electron chi connectivity index (χ3n) is 1.48. The Labute approximate surface area is 90.0 Å². The molecule has 0 saturated carbocycles. The molecule has 0 aliphatic rings. The van der Waals surface area contributed by atoms with Crippen LogP contribution in [0.1, 0.15) is 5.56 Å². The number of rotatable bonds is 2. The van der Waals surface area contributed by atoms with E-state index in [0.717, 1.165) is 15.5 Å². The van der Waals surface area contributed by atoms with E-state index in [9.17, 15) is 0 Å². The van der Waals surface area contributed by atoms with Gasteiger partial charge in [0.1, 0.15) is 0 Å². The van der Waals surface area contributed by atoms with Crippen molar-refractivity contribution in [2.24, 2.45) is 0 Å². The first-order valence-electron chi connectivity index (χ1n) is 3.68. The van der Waals surface area contributed by atoms with Crippen molar-refractivity contribution in [1.82, 2.24) is 4.90 Å². The molecule has 0 saturated heterocycles. The zero-order valence-corrected chi connectivity index (χ0v) is 10.3. The van der Waals surface area contributed by atoms with Crippen molar-refractivity contribution < 1.29 is 0 Å². The molecule has 0 spiro atoms. The highest BCUT2D eigenvalue weighted by molar-refractivity contribution is 9.13. The number of hydrogen-bond donors (Lipinski definition) is 0. The van der Waals surface area contributed by atoms with Crippen molar-refractivity contribution in [1.29, 1.82) is 0 Å². The second-order valence-electron chi connectivity index (χ2n) is 2.99. The van der Waals surface area contributed by atoms with Crippen LogP contribution in [-0.2, 0) is 6.54 Å². The molecule has 0 fully saturated rings. The Morgan fingerprint density at radius 1 is 1.17 bits per heavy atom. The van der Waals surface area contributed by atoms with Gasteiger partial charge in [-0.05, 0) is 63.7 Å². The van der Waals surface area contributed by atoms with Gasteiger partial charge < -0.3 is 4.90 Å². The number of halogens is 2. The molecule has 0 radical (unpaired) electrons. The Hall–Kier alpha value is 0.140. The van der Waals surface area contributed by atoms with Crippen LogP contribution < -0.4 is 0 Å². The zero-order valence-electron chi connectivity index (χ0n) is 7.14. The van der Waals surface area contributed by atoms with Crippen molar-refractivity contribution in [3.05, 3.63) is 32.7 Å². The maximum Gasteiger partial charge on any atom is 0.0320 e. The molecule has 1 aromatic carbocycles. The van der Waals surface area contributed by atoms with E-state index in [1.807, 2.05) is 0 Å². The van der Waals surface area contributed by atoms with E-state index in [0.29, 0.717) is 0 Å². The summed E-state index contributed by atoms with van der Waals surface area (Å²) in [4.78, 5) is 2.15. The van der Waals surface area contributed by atoms with E-state index in [2.05, 4.69) is 69.1 Å². The minimum atomic E-state index is 0.978. The maximum absolute atomic E-state index is 3.47. The van der Waals surface area contributed by atoms with Gasteiger partial charge in [0.25, 0.3) is 0 Å². The fraction of sp³-hybridized carbons (Fsp3) is 0.333. The van der Waals surface area contributed by atoms with E-state index in [4.69, 9.17) is 0 Å². The molecule has 0 N–H and O–H groups in total. The Morgan fingerprint density at radius 3 is 2.33 bits per heavy atom. The largest absolute Gasteiger partial charge is 0.305 e. The van der Waals surface area contributed by atoms with Gasteiger partial charge in [-0.25, -0.2) is 0 Å². The summed E-state index contributed by atoms with van der Waals surface area (Å²) in [5.41, 5.74) is 1.31. The summed E-state index contributed by atoms with van der Waals surface area (Å²) in [7, 11) is 4.13. The molecule has 1 nitrogen and oxygen atoms in total. The van der Waals surface area contributed by atoms with E-state index < -0.39 is 0 Å². The van der Waals surface area contributed by atoms with Crippen molar-refractivity contribution in [2.45, 2.75) is 6.54 Å². The highest BCUT2D eigenvalue weighted by Crippen LogP contribution is 2.23. The van der Waals surface area contributed by atoms with E-state index in [1.54, 1.807) is 0 Å². The van der Waals surface area contributed by atoms with Crippen LogP contribution in [0.4, 0.5) is 0 Å². The van der Waals surface area contributed by atoms with Crippen LogP contribution in [0.3, 0.4) is 0 Å². The third-order valence-corrected chi connectivity index (χ3v) is 3.36. The van der Waals surface area contributed by atoms with Crippen LogP contribution in [0.2, 0.25) is 0 Å². The lowest BCUT2D eigenvalue weighted by Crippen LogP contribution is -2.10. The fourth-order valence-electron chi connectivity index (χ4n) is 1.00. The average Bonchev–Trinajstić information content (AvgIpc) is 1.96.